The average Bonchev–Trinajstić information content (AvgIpc) is 2.52. The zero-order valence-electron chi connectivity index (χ0n) is 13.6. The van der Waals surface area contributed by atoms with Gasteiger partial charge in [0.1, 0.15) is 0 Å². The Labute approximate surface area is 138 Å². The molecule has 1 aliphatic rings. The molecule has 0 saturated heterocycles. The monoisotopic (exact) mass is 336 g/mol. The first-order valence-electron chi connectivity index (χ1n) is 7.99. The summed E-state index contributed by atoms with van der Waals surface area (Å²) < 4.78 is 26.4. The lowest BCUT2D eigenvalue weighted by atomic mass is 9.93. The van der Waals surface area contributed by atoms with Gasteiger partial charge in [-0.05, 0) is 50.3 Å². The fraction of sp³-hybridized carbons (Fsp3) is 0.471. The van der Waals surface area contributed by atoms with Crippen LogP contribution in [0.1, 0.15) is 38.2 Å². The second-order valence-electron chi connectivity index (χ2n) is 5.87. The lowest BCUT2D eigenvalue weighted by molar-refractivity contribution is -0.120. The molecule has 1 amide bonds. The Morgan fingerprint density at radius 2 is 2.00 bits per heavy atom. The van der Waals surface area contributed by atoms with Crippen molar-refractivity contribution >= 4 is 27.3 Å². The molecule has 2 rings (SSSR count). The highest BCUT2D eigenvalue weighted by Gasteiger charge is 2.20. The van der Waals surface area contributed by atoms with Crippen LogP contribution in [0, 0.1) is 12.8 Å². The molecule has 0 spiro atoms. The number of benzene rings is 1. The standard InChI is InChI=1S/C17H24N2O3S/c1-3-12-23(21,22)19-16-11-7-10-15(13(16)2)18-17(20)14-8-5-4-6-9-14/h4-5,7,10-11,14,19H,3,6,8-9,12H2,1-2H3,(H,18,20)/t14-/m1/s1. The van der Waals surface area contributed by atoms with Gasteiger partial charge in [-0.1, -0.05) is 25.1 Å². The predicted molar refractivity (Wildman–Crippen MR) is 94.0 cm³/mol. The first kappa shape index (κ1) is 17.5. The largest absolute Gasteiger partial charge is 0.326 e. The number of amides is 1. The molecule has 1 aromatic rings. The van der Waals surface area contributed by atoms with E-state index < -0.39 is 10.0 Å². The molecule has 6 heteroatoms. The first-order chi connectivity index (χ1) is 10.9. The minimum Gasteiger partial charge on any atom is -0.326 e. The topological polar surface area (TPSA) is 75.3 Å². The van der Waals surface area contributed by atoms with Gasteiger partial charge in [0.05, 0.1) is 11.4 Å². The number of rotatable bonds is 6. The first-order valence-corrected chi connectivity index (χ1v) is 9.64. The zero-order valence-corrected chi connectivity index (χ0v) is 14.4. The molecule has 0 aliphatic heterocycles. The normalized spacial score (nSPS) is 17.7. The summed E-state index contributed by atoms with van der Waals surface area (Å²) in [5.74, 6) is 0.0584. The number of carbonyl (C=O) groups excluding carboxylic acids is 1. The number of anilines is 2. The highest BCUT2D eigenvalue weighted by molar-refractivity contribution is 7.92. The Kier molecular flexibility index (Phi) is 5.82. The van der Waals surface area contributed by atoms with Crippen LogP contribution in [0.4, 0.5) is 11.4 Å². The third-order valence-electron chi connectivity index (χ3n) is 3.97. The lowest BCUT2D eigenvalue weighted by Gasteiger charge is -2.19. The van der Waals surface area contributed by atoms with Crippen molar-refractivity contribution < 1.29 is 13.2 Å². The van der Waals surface area contributed by atoms with Crippen molar-refractivity contribution in [2.75, 3.05) is 15.8 Å². The molecule has 0 heterocycles. The summed E-state index contributed by atoms with van der Waals surface area (Å²) in [7, 11) is -3.34. The van der Waals surface area contributed by atoms with Gasteiger partial charge < -0.3 is 5.32 Å². The molecule has 0 fully saturated rings. The van der Waals surface area contributed by atoms with Crippen LogP contribution in [-0.2, 0) is 14.8 Å². The van der Waals surface area contributed by atoms with Gasteiger partial charge in [0.2, 0.25) is 15.9 Å². The van der Waals surface area contributed by atoms with Crippen molar-refractivity contribution in [1.82, 2.24) is 0 Å². The maximum atomic E-state index is 12.3. The molecule has 0 aromatic heterocycles. The summed E-state index contributed by atoms with van der Waals surface area (Å²) in [6.45, 7) is 3.63. The Morgan fingerprint density at radius 1 is 1.26 bits per heavy atom. The third kappa shape index (κ3) is 4.82. The van der Waals surface area contributed by atoms with Crippen LogP contribution in [0.3, 0.4) is 0 Å². The fourth-order valence-corrected chi connectivity index (χ4v) is 3.83. The Hall–Kier alpha value is -1.82. The Morgan fingerprint density at radius 3 is 2.65 bits per heavy atom. The van der Waals surface area contributed by atoms with Crippen molar-refractivity contribution in [1.29, 1.82) is 0 Å². The highest BCUT2D eigenvalue weighted by Crippen LogP contribution is 2.26. The van der Waals surface area contributed by atoms with Crippen LogP contribution < -0.4 is 10.0 Å². The van der Waals surface area contributed by atoms with Gasteiger partial charge in [0.15, 0.2) is 0 Å². The van der Waals surface area contributed by atoms with Gasteiger partial charge in [0, 0.05) is 11.6 Å². The van der Waals surface area contributed by atoms with E-state index in [-0.39, 0.29) is 17.6 Å². The Bertz CT molecular complexity index is 696. The van der Waals surface area contributed by atoms with Crippen LogP contribution in [-0.4, -0.2) is 20.1 Å². The van der Waals surface area contributed by atoms with Gasteiger partial charge in [-0.15, -0.1) is 0 Å². The molecule has 2 N–H and O–H groups in total. The molecule has 0 unspecified atom stereocenters. The summed E-state index contributed by atoms with van der Waals surface area (Å²) in [6.07, 6.45) is 7.22. The van der Waals surface area contributed by atoms with E-state index in [2.05, 4.69) is 16.1 Å². The second kappa shape index (κ2) is 7.64. The molecule has 0 radical (unpaired) electrons. The molecular weight excluding hydrogens is 312 g/mol. The minimum absolute atomic E-state index is 0.00832. The van der Waals surface area contributed by atoms with Crippen LogP contribution >= 0.6 is 0 Å². The van der Waals surface area contributed by atoms with Gasteiger partial charge in [0.25, 0.3) is 0 Å². The predicted octanol–water partition coefficient (Wildman–Crippen LogP) is 3.44. The van der Waals surface area contributed by atoms with E-state index in [9.17, 15) is 13.2 Å². The van der Waals surface area contributed by atoms with Crippen LogP contribution in [0.5, 0.6) is 0 Å². The smallest absolute Gasteiger partial charge is 0.232 e. The summed E-state index contributed by atoms with van der Waals surface area (Å²) in [5.41, 5.74) is 1.90. The Balaban J connectivity index is 2.13. The van der Waals surface area contributed by atoms with Crippen molar-refractivity contribution in [3.63, 3.8) is 0 Å². The molecule has 126 valence electrons. The van der Waals surface area contributed by atoms with E-state index in [1.807, 2.05) is 13.0 Å². The van der Waals surface area contributed by atoms with E-state index in [1.54, 1.807) is 25.1 Å². The molecule has 0 saturated carbocycles. The molecule has 1 aromatic carbocycles. The number of nitrogens with one attached hydrogen (secondary N) is 2. The van der Waals surface area contributed by atoms with Crippen molar-refractivity contribution in [2.45, 2.75) is 39.5 Å². The maximum absolute atomic E-state index is 12.3. The van der Waals surface area contributed by atoms with E-state index in [0.717, 1.165) is 24.8 Å². The van der Waals surface area contributed by atoms with Gasteiger partial charge in [-0.2, -0.15) is 0 Å². The average molecular weight is 336 g/mol. The summed E-state index contributed by atoms with van der Waals surface area (Å²) in [5, 5.41) is 2.93. The van der Waals surface area contributed by atoms with Crippen molar-refractivity contribution in [3.05, 3.63) is 35.9 Å². The number of sulfonamides is 1. The summed E-state index contributed by atoms with van der Waals surface area (Å²) in [6, 6.07) is 5.25. The number of carbonyl (C=O) groups is 1. The maximum Gasteiger partial charge on any atom is 0.232 e. The van der Waals surface area contributed by atoms with E-state index in [0.29, 0.717) is 17.8 Å². The SMILES string of the molecule is CCCS(=O)(=O)Nc1cccc(NC(=O)[C@@H]2CC=CCC2)c1C. The lowest BCUT2D eigenvalue weighted by Crippen LogP contribution is -2.24. The van der Waals surface area contributed by atoms with Crippen LogP contribution in [0.25, 0.3) is 0 Å². The van der Waals surface area contributed by atoms with Crippen molar-refractivity contribution in [3.8, 4) is 0 Å². The fourth-order valence-electron chi connectivity index (χ4n) is 2.64. The zero-order chi connectivity index (χ0) is 16.9. The molecule has 0 bridgehead atoms. The van der Waals surface area contributed by atoms with Gasteiger partial charge in [-0.25, -0.2) is 8.42 Å². The van der Waals surface area contributed by atoms with E-state index >= 15 is 0 Å². The highest BCUT2D eigenvalue weighted by atomic mass is 32.2. The molecule has 1 atom stereocenters. The van der Waals surface area contributed by atoms with E-state index in [1.165, 1.54) is 0 Å². The van der Waals surface area contributed by atoms with E-state index in [4.69, 9.17) is 0 Å². The number of hydrogen-bond donors (Lipinski definition) is 2. The van der Waals surface area contributed by atoms with Crippen molar-refractivity contribution in [2.24, 2.45) is 5.92 Å². The number of hydrogen-bond acceptors (Lipinski definition) is 3. The van der Waals surface area contributed by atoms with Crippen LogP contribution in [0.15, 0.2) is 30.4 Å². The molecular formula is C17H24N2O3S. The second-order valence-corrected chi connectivity index (χ2v) is 7.71. The molecule has 1 aliphatic carbocycles. The quantitative estimate of drug-likeness (QED) is 0.781. The van der Waals surface area contributed by atoms with Gasteiger partial charge in [-0.3, -0.25) is 9.52 Å². The third-order valence-corrected chi connectivity index (χ3v) is 5.45. The van der Waals surface area contributed by atoms with Crippen LogP contribution in [0.2, 0.25) is 0 Å². The van der Waals surface area contributed by atoms with Gasteiger partial charge >= 0.3 is 0 Å². The minimum atomic E-state index is -3.34. The summed E-state index contributed by atoms with van der Waals surface area (Å²) >= 11 is 0. The number of allylic oxidation sites excluding steroid dienone is 2. The summed E-state index contributed by atoms with van der Waals surface area (Å²) in [4.78, 5) is 12.3. The molecule has 23 heavy (non-hydrogen) atoms. The molecule has 5 nitrogen and oxygen atoms in total.